The van der Waals surface area contributed by atoms with Crippen molar-refractivity contribution in [2.24, 2.45) is 0 Å². The number of nitrogens with one attached hydrogen (secondary N) is 2. The summed E-state index contributed by atoms with van der Waals surface area (Å²) in [6, 6.07) is 1.08. The van der Waals surface area contributed by atoms with E-state index in [2.05, 4.69) is 19.9 Å². The number of carboxylic acids is 1. The van der Waals surface area contributed by atoms with Crippen molar-refractivity contribution >= 4 is 21.8 Å². The van der Waals surface area contributed by atoms with Gasteiger partial charge in [-0.25, -0.2) is 9.78 Å². The lowest BCUT2D eigenvalue weighted by molar-refractivity contribution is 0.0690. The second-order valence-electron chi connectivity index (χ2n) is 3.62. The highest BCUT2D eigenvalue weighted by Crippen LogP contribution is 2.13. The summed E-state index contributed by atoms with van der Waals surface area (Å²) in [4.78, 5) is 14.4. The van der Waals surface area contributed by atoms with Gasteiger partial charge in [0.2, 0.25) is 0 Å². The average Bonchev–Trinajstić information content (AvgIpc) is 2.96. The number of hydrogen-bond acceptors (Lipinski definition) is 5. The molecule has 0 saturated carbocycles. The van der Waals surface area contributed by atoms with Crippen LogP contribution in [0, 0.1) is 0 Å². The van der Waals surface area contributed by atoms with Crippen molar-refractivity contribution in [2.75, 3.05) is 4.72 Å². The van der Waals surface area contributed by atoms with Crippen molar-refractivity contribution in [1.82, 2.24) is 19.7 Å². The predicted octanol–water partition coefficient (Wildman–Crippen LogP) is 0.125. The number of aromatic nitrogens is 4. The Morgan fingerprint density at radius 2 is 2.32 bits per heavy atom. The topological polar surface area (TPSA) is 130 Å². The summed E-state index contributed by atoms with van der Waals surface area (Å²) in [6.07, 6.45) is 2.76. The van der Waals surface area contributed by atoms with E-state index < -0.39 is 16.0 Å². The van der Waals surface area contributed by atoms with E-state index in [9.17, 15) is 13.2 Å². The standard InChI is InChI=1S/C9H11N5O4S/c1-2-14-4-8(10-5-14)19(17,18)13-7-3-6(9(15)16)11-12-7/h3-5H,2H2,1H3,(H,15,16)(H2,11,12,13). The fourth-order valence-electron chi connectivity index (χ4n) is 1.32. The Morgan fingerprint density at radius 3 is 2.84 bits per heavy atom. The van der Waals surface area contributed by atoms with Crippen molar-refractivity contribution in [2.45, 2.75) is 18.5 Å². The van der Waals surface area contributed by atoms with Crippen LogP contribution in [0.2, 0.25) is 0 Å². The monoisotopic (exact) mass is 285 g/mol. The molecule has 19 heavy (non-hydrogen) atoms. The zero-order valence-electron chi connectivity index (χ0n) is 9.86. The molecule has 2 rings (SSSR count). The molecule has 0 amide bonds. The number of rotatable bonds is 5. The van der Waals surface area contributed by atoms with E-state index in [-0.39, 0.29) is 16.5 Å². The molecule has 0 aliphatic rings. The van der Waals surface area contributed by atoms with E-state index in [4.69, 9.17) is 5.11 Å². The summed E-state index contributed by atoms with van der Waals surface area (Å²) >= 11 is 0. The Balaban J connectivity index is 2.23. The molecule has 0 fully saturated rings. The lowest BCUT2D eigenvalue weighted by Crippen LogP contribution is -2.13. The maximum absolute atomic E-state index is 11.9. The minimum Gasteiger partial charge on any atom is -0.477 e. The van der Waals surface area contributed by atoms with Crippen LogP contribution in [-0.4, -0.2) is 39.2 Å². The Morgan fingerprint density at radius 1 is 1.58 bits per heavy atom. The second-order valence-corrected chi connectivity index (χ2v) is 5.25. The summed E-state index contributed by atoms with van der Waals surface area (Å²) in [7, 11) is -3.87. The molecule has 2 aromatic rings. The molecule has 2 heterocycles. The second kappa shape index (κ2) is 4.72. The van der Waals surface area contributed by atoms with Crippen LogP contribution in [0.15, 0.2) is 23.6 Å². The Hall–Kier alpha value is -2.36. The van der Waals surface area contributed by atoms with Gasteiger partial charge in [0, 0.05) is 18.8 Å². The molecule has 0 aromatic carbocycles. The van der Waals surface area contributed by atoms with Gasteiger partial charge >= 0.3 is 5.97 Å². The molecule has 9 nitrogen and oxygen atoms in total. The van der Waals surface area contributed by atoms with Gasteiger partial charge in [0.05, 0.1) is 6.33 Å². The van der Waals surface area contributed by atoms with Crippen LogP contribution in [0.5, 0.6) is 0 Å². The molecule has 0 radical (unpaired) electrons. The predicted molar refractivity (Wildman–Crippen MR) is 64.3 cm³/mol. The molecule has 3 N–H and O–H groups in total. The molecule has 102 valence electrons. The smallest absolute Gasteiger partial charge is 0.353 e. The number of nitrogens with zero attached hydrogens (tertiary/aromatic N) is 3. The van der Waals surface area contributed by atoms with E-state index in [1.807, 2.05) is 6.92 Å². The molecule has 0 aliphatic carbocycles. The van der Waals surface area contributed by atoms with Gasteiger partial charge in [0.25, 0.3) is 10.0 Å². The zero-order valence-corrected chi connectivity index (χ0v) is 10.7. The summed E-state index contributed by atoms with van der Waals surface area (Å²) < 4.78 is 27.6. The molecule has 10 heteroatoms. The van der Waals surface area contributed by atoms with Gasteiger partial charge in [0.15, 0.2) is 10.8 Å². The summed E-state index contributed by atoms with van der Waals surface area (Å²) in [5.74, 6) is -1.34. The van der Waals surface area contributed by atoms with Crippen LogP contribution >= 0.6 is 0 Å². The van der Waals surface area contributed by atoms with Crippen molar-refractivity contribution in [3.8, 4) is 0 Å². The normalized spacial score (nSPS) is 11.4. The lowest BCUT2D eigenvalue weighted by Gasteiger charge is -2.00. The maximum Gasteiger partial charge on any atom is 0.353 e. The Bertz CT molecular complexity index is 702. The first-order valence-corrected chi connectivity index (χ1v) is 6.74. The first-order valence-electron chi connectivity index (χ1n) is 5.25. The number of aromatic amines is 1. The van der Waals surface area contributed by atoms with Crippen LogP contribution in [-0.2, 0) is 16.6 Å². The highest BCUT2D eigenvalue weighted by Gasteiger charge is 2.19. The third kappa shape index (κ3) is 2.73. The summed E-state index contributed by atoms with van der Waals surface area (Å²) in [5, 5.41) is 14.3. The molecular formula is C9H11N5O4S. The number of aryl methyl sites for hydroxylation is 1. The average molecular weight is 285 g/mol. The van der Waals surface area contributed by atoms with E-state index in [0.717, 1.165) is 6.07 Å². The fourth-order valence-corrected chi connectivity index (χ4v) is 2.27. The van der Waals surface area contributed by atoms with E-state index >= 15 is 0 Å². The van der Waals surface area contributed by atoms with Gasteiger partial charge in [0.1, 0.15) is 5.69 Å². The number of carbonyl (C=O) groups is 1. The van der Waals surface area contributed by atoms with Gasteiger partial charge in [-0.3, -0.25) is 9.82 Å². The number of anilines is 1. The summed E-state index contributed by atoms with van der Waals surface area (Å²) in [6.45, 7) is 2.44. The maximum atomic E-state index is 11.9. The minimum atomic E-state index is -3.87. The fraction of sp³-hybridized carbons (Fsp3) is 0.222. The number of carboxylic acid groups (broad SMARTS) is 1. The third-order valence-electron chi connectivity index (χ3n) is 2.30. The van der Waals surface area contributed by atoms with Crippen LogP contribution in [0.3, 0.4) is 0 Å². The molecule has 0 spiro atoms. The van der Waals surface area contributed by atoms with Crippen molar-refractivity contribution in [3.05, 3.63) is 24.3 Å². The van der Waals surface area contributed by atoms with Gasteiger partial charge in [-0.2, -0.15) is 13.5 Å². The zero-order chi connectivity index (χ0) is 14.0. The van der Waals surface area contributed by atoms with E-state index in [1.165, 1.54) is 12.5 Å². The number of sulfonamides is 1. The molecule has 2 aromatic heterocycles. The van der Waals surface area contributed by atoms with E-state index in [1.54, 1.807) is 4.57 Å². The van der Waals surface area contributed by atoms with Gasteiger partial charge in [-0.05, 0) is 6.92 Å². The van der Waals surface area contributed by atoms with Crippen LogP contribution < -0.4 is 4.72 Å². The minimum absolute atomic E-state index is 0.108. The lowest BCUT2D eigenvalue weighted by atomic mass is 10.4. The molecule has 0 unspecified atom stereocenters. The van der Waals surface area contributed by atoms with Crippen molar-refractivity contribution in [1.29, 1.82) is 0 Å². The van der Waals surface area contributed by atoms with Crippen LogP contribution in [0.4, 0.5) is 5.82 Å². The number of hydrogen-bond donors (Lipinski definition) is 3. The third-order valence-corrected chi connectivity index (χ3v) is 3.54. The summed E-state index contributed by atoms with van der Waals surface area (Å²) in [5.41, 5.74) is -0.211. The molecule has 0 bridgehead atoms. The molecule has 0 saturated heterocycles. The van der Waals surface area contributed by atoms with Gasteiger partial charge in [-0.15, -0.1) is 0 Å². The Labute approximate surface area is 108 Å². The molecular weight excluding hydrogens is 274 g/mol. The first-order chi connectivity index (χ1) is 8.92. The highest BCUT2D eigenvalue weighted by molar-refractivity contribution is 7.92. The highest BCUT2D eigenvalue weighted by atomic mass is 32.2. The SMILES string of the molecule is CCn1cnc(S(=O)(=O)Nc2cc(C(=O)O)[nH]n2)c1. The van der Waals surface area contributed by atoms with Crippen molar-refractivity contribution < 1.29 is 18.3 Å². The van der Waals surface area contributed by atoms with E-state index in [0.29, 0.717) is 6.54 Å². The van der Waals surface area contributed by atoms with Gasteiger partial charge < -0.3 is 9.67 Å². The van der Waals surface area contributed by atoms with Crippen LogP contribution in [0.1, 0.15) is 17.4 Å². The number of imidazole rings is 1. The van der Waals surface area contributed by atoms with Gasteiger partial charge in [-0.1, -0.05) is 0 Å². The van der Waals surface area contributed by atoms with Crippen molar-refractivity contribution in [3.63, 3.8) is 0 Å². The quantitative estimate of drug-likeness (QED) is 0.715. The Kier molecular flexibility index (Phi) is 3.25. The molecule has 0 atom stereocenters. The number of aromatic carboxylic acids is 1. The molecule has 0 aliphatic heterocycles. The largest absolute Gasteiger partial charge is 0.477 e. The first kappa shape index (κ1) is 13.1. The van der Waals surface area contributed by atoms with Crippen LogP contribution in [0.25, 0.3) is 0 Å². The number of H-pyrrole nitrogens is 1.